The lowest BCUT2D eigenvalue weighted by molar-refractivity contribution is -0.112. The highest BCUT2D eigenvalue weighted by atomic mass is 35.5. The Morgan fingerprint density at radius 1 is 1.23 bits per heavy atom. The number of aliphatic hydroxyl groups is 1. The molecular weight excluding hydrogens is 420 g/mol. The predicted octanol–water partition coefficient (Wildman–Crippen LogP) is 4.56. The van der Waals surface area contributed by atoms with Gasteiger partial charge in [-0.3, -0.25) is 9.59 Å². The molecule has 0 saturated carbocycles. The van der Waals surface area contributed by atoms with Crippen LogP contribution in [0.5, 0.6) is 5.75 Å². The van der Waals surface area contributed by atoms with E-state index < -0.39 is 40.5 Å². The number of nitriles is 1. The number of nitrogens with zero attached hydrogens (tertiary/aromatic N) is 1. The number of hydrogen-bond acceptors (Lipinski definition) is 5. The minimum Gasteiger partial charge on any atom is -0.511 e. The second-order valence-corrected chi connectivity index (χ2v) is 6.25. The zero-order valence-electron chi connectivity index (χ0n) is 15.8. The Morgan fingerprint density at radius 3 is 2.50 bits per heavy atom. The van der Waals surface area contributed by atoms with E-state index in [1.807, 2.05) is 0 Å². The molecule has 0 saturated heterocycles. The minimum absolute atomic E-state index is 0.0548. The van der Waals surface area contributed by atoms with Crippen molar-refractivity contribution < 1.29 is 28.2 Å². The molecule has 0 bridgehead atoms. The van der Waals surface area contributed by atoms with Gasteiger partial charge < -0.3 is 20.5 Å². The molecule has 7 nitrogen and oxygen atoms in total. The molecule has 0 radical (unpaired) electrons. The van der Waals surface area contributed by atoms with Gasteiger partial charge in [-0.1, -0.05) is 17.7 Å². The van der Waals surface area contributed by atoms with Crippen molar-refractivity contribution in [2.45, 2.75) is 13.8 Å². The fourth-order valence-electron chi connectivity index (χ4n) is 2.38. The van der Waals surface area contributed by atoms with E-state index in [1.165, 1.54) is 18.2 Å². The van der Waals surface area contributed by atoms with Crippen LogP contribution in [0.3, 0.4) is 0 Å². The van der Waals surface area contributed by atoms with Gasteiger partial charge in [-0.25, -0.2) is 8.78 Å². The lowest BCUT2D eigenvalue weighted by Crippen LogP contribution is -2.18. The van der Waals surface area contributed by atoms with Gasteiger partial charge >= 0.3 is 0 Å². The molecule has 0 heterocycles. The van der Waals surface area contributed by atoms with E-state index in [-0.39, 0.29) is 28.6 Å². The molecule has 0 unspecified atom stereocenters. The summed E-state index contributed by atoms with van der Waals surface area (Å²) >= 11 is 5.89. The lowest BCUT2D eigenvalue weighted by atomic mass is 10.1. The number of rotatable bonds is 6. The summed E-state index contributed by atoms with van der Waals surface area (Å²) in [5.74, 6) is -4.40. The predicted molar refractivity (Wildman–Crippen MR) is 107 cm³/mol. The maximum Gasteiger partial charge on any atom is 0.269 e. The van der Waals surface area contributed by atoms with Crippen molar-refractivity contribution in [2.24, 2.45) is 0 Å². The number of amides is 2. The van der Waals surface area contributed by atoms with Gasteiger partial charge in [0.1, 0.15) is 29.2 Å². The van der Waals surface area contributed by atoms with Gasteiger partial charge in [0.05, 0.1) is 28.6 Å². The molecule has 0 aliphatic carbocycles. The number of hydrogen-bond donors (Lipinski definition) is 3. The zero-order valence-corrected chi connectivity index (χ0v) is 16.6. The second kappa shape index (κ2) is 9.71. The van der Waals surface area contributed by atoms with E-state index in [0.29, 0.717) is 0 Å². The number of benzene rings is 2. The molecule has 0 atom stereocenters. The van der Waals surface area contributed by atoms with Gasteiger partial charge in [-0.15, -0.1) is 0 Å². The van der Waals surface area contributed by atoms with E-state index >= 15 is 0 Å². The molecule has 0 fully saturated rings. The van der Waals surface area contributed by atoms with Crippen molar-refractivity contribution in [3.63, 3.8) is 0 Å². The van der Waals surface area contributed by atoms with Crippen molar-refractivity contribution >= 4 is 34.8 Å². The number of para-hydroxylation sites is 1. The largest absolute Gasteiger partial charge is 0.511 e. The Kier molecular flexibility index (Phi) is 7.33. The van der Waals surface area contributed by atoms with E-state index in [0.717, 1.165) is 25.1 Å². The highest BCUT2D eigenvalue weighted by Gasteiger charge is 2.21. The average molecular weight is 436 g/mol. The minimum atomic E-state index is -1.05. The molecule has 2 rings (SSSR count). The van der Waals surface area contributed by atoms with Crippen LogP contribution in [0.2, 0.25) is 5.02 Å². The van der Waals surface area contributed by atoms with E-state index in [1.54, 1.807) is 6.92 Å². The quantitative estimate of drug-likeness (QED) is 0.350. The Labute approximate surface area is 175 Å². The summed E-state index contributed by atoms with van der Waals surface area (Å²) < 4.78 is 33.8. The highest BCUT2D eigenvalue weighted by Crippen LogP contribution is 2.30. The van der Waals surface area contributed by atoms with Crippen molar-refractivity contribution in [3.8, 4) is 11.8 Å². The Hall–Kier alpha value is -3.64. The first kappa shape index (κ1) is 22.6. The molecule has 156 valence electrons. The van der Waals surface area contributed by atoms with Gasteiger partial charge in [0, 0.05) is 6.07 Å². The smallest absolute Gasteiger partial charge is 0.269 e. The topological polar surface area (TPSA) is 111 Å². The van der Waals surface area contributed by atoms with Gasteiger partial charge in [0.15, 0.2) is 5.57 Å². The summed E-state index contributed by atoms with van der Waals surface area (Å²) in [5.41, 5.74) is -1.56. The van der Waals surface area contributed by atoms with Crippen LogP contribution in [0.1, 0.15) is 24.2 Å². The first-order valence-corrected chi connectivity index (χ1v) is 8.90. The summed E-state index contributed by atoms with van der Waals surface area (Å²) in [6, 6.07) is 7.14. The summed E-state index contributed by atoms with van der Waals surface area (Å²) in [6.45, 7) is 2.84. The SMILES string of the molecule is CCOc1cc(NC(=O)/C(C#N)=C(/C)O)c(F)cc1C(=O)Nc1c(F)cccc1Cl. The van der Waals surface area contributed by atoms with E-state index in [2.05, 4.69) is 10.6 Å². The third kappa shape index (κ3) is 5.04. The summed E-state index contributed by atoms with van der Waals surface area (Å²) in [4.78, 5) is 24.6. The van der Waals surface area contributed by atoms with Crippen molar-refractivity contribution in [1.29, 1.82) is 5.26 Å². The fourth-order valence-corrected chi connectivity index (χ4v) is 2.59. The van der Waals surface area contributed by atoms with Crippen LogP contribution in [0.15, 0.2) is 41.7 Å². The second-order valence-electron chi connectivity index (χ2n) is 5.84. The van der Waals surface area contributed by atoms with E-state index in [4.69, 9.17) is 21.6 Å². The molecular formula is C20H16ClF2N3O4. The molecule has 2 aromatic rings. The number of halogens is 3. The fraction of sp³-hybridized carbons (Fsp3) is 0.150. The standard InChI is InChI=1S/C20H16ClF2N3O4/c1-3-30-17-8-16(25-20(29)12(9-24)10(2)27)15(23)7-11(17)19(28)26-18-13(21)5-4-6-14(18)22/h4-8,27H,3H2,1-2H3,(H,25,29)(H,26,28)/b12-10-. The first-order chi connectivity index (χ1) is 14.2. The summed E-state index contributed by atoms with van der Waals surface area (Å²) in [5, 5.41) is 22.6. The number of carbonyl (C=O) groups is 2. The van der Waals surface area contributed by atoms with Crippen molar-refractivity contribution in [1.82, 2.24) is 0 Å². The highest BCUT2D eigenvalue weighted by molar-refractivity contribution is 6.34. The van der Waals surface area contributed by atoms with Crippen molar-refractivity contribution in [2.75, 3.05) is 17.2 Å². The summed E-state index contributed by atoms with van der Waals surface area (Å²) in [7, 11) is 0. The van der Waals surface area contributed by atoms with Gasteiger partial charge in [-0.2, -0.15) is 5.26 Å². The van der Waals surface area contributed by atoms with Gasteiger partial charge in [0.25, 0.3) is 11.8 Å². The Balaban J connectivity index is 2.41. The van der Waals surface area contributed by atoms with Crippen molar-refractivity contribution in [3.05, 3.63) is 63.9 Å². The maximum atomic E-state index is 14.5. The Bertz CT molecular complexity index is 1060. The molecule has 3 N–H and O–H groups in total. The molecule has 30 heavy (non-hydrogen) atoms. The van der Waals surface area contributed by atoms with Crippen LogP contribution in [0.25, 0.3) is 0 Å². The van der Waals surface area contributed by atoms with Crippen LogP contribution in [0.4, 0.5) is 20.2 Å². The van der Waals surface area contributed by atoms with Gasteiger partial charge in [-0.05, 0) is 32.0 Å². The third-order valence-corrected chi connectivity index (χ3v) is 4.08. The third-order valence-electron chi connectivity index (χ3n) is 3.76. The molecule has 2 aromatic carbocycles. The number of aliphatic hydroxyl groups excluding tert-OH is 1. The van der Waals surface area contributed by atoms with Crippen LogP contribution in [-0.4, -0.2) is 23.5 Å². The molecule has 0 aromatic heterocycles. The number of allylic oxidation sites excluding steroid dienone is 1. The maximum absolute atomic E-state index is 14.5. The van der Waals surface area contributed by atoms with Crippen LogP contribution in [0, 0.1) is 23.0 Å². The normalized spacial score (nSPS) is 11.2. The Morgan fingerprint density at radius 2 is 1.93 bits per heavy atom. The number of carbonyl (C=O) groups excluding carboxylic acids is 2. The molecule has 0 spiro atoms. The molecule has 0 aliphatic rings. The van der Waals surface area contributed by atoms with Crippen LogP contribution < -0.4 is 15.4 Å². The first-order valence-electron chi connectivity index (χ1n) is 8.52. The van der Waals surface area contributed by atoms with Gasteiger partial charge in [0.2, 0.25) is 0 Å². The molecule has 10 heteroatoms. The van der Waals surface area contributed by atoms with Crippen LogP contribution >= 0.6 is 11.6 Å². The molecule has 0 aliphatic heterocycles. The van der Waals surface area contributed by atoms with E-state index in [9.17, 15) is 23.5 Å². The number of anilines is 2. The zero-order chi connectivity index (χ0) is 22.4. The monoisotopic (exact) mass is 435 g/mol. The number of nitrogens with one attached hydrogen (secondary N) is 2. The molecule has 2 amide bonds. The summed E-state index contributed by atoms with van der Waals surface area (Å²) in [6.07, 6.45) is 0. The number of ether oxygens (including phenoxy) is 1. The average Bonchev–Trinajstić information content (AvgIpc) is 2.67. The van der Waals surface area contributed by atoms with Crippen LogP contribution in [-0.2, 0) is 4.79 Å². The lowest BCUT2D eigenvalue weighted by Gasteiger charge is -2.15.